The summed E-state index contributed by atoms with van der Waals surface area (Å²) >= 11 is 0. The van der Waals surface area contributed by atoms with Crippen LogP contribution in [0, 0.1) is 0 Å². The van der Waals surface area contributed by atoms with E-state index in [-0.39, 0.29) is 17.9 Å². The van der Waals surface area contributed by atoms with E-state index in [2.05, 4.69) is 24.0 Å². The highest BCUT2D eigenvalue weighted by atomic mass is 16.5. The van der Waals surface area contributed by atoms with Gasteiger partial charge in [0.1, 0.15) is 23.6 Å². The van der Waals surface area contributed by atoms with E-state index in [0.717, 1.165) is 5.56 Å². The molecule has 1 aromatic carbocycles. The third kappa shape index (κ3) is 4.25. The molecule has 2 aromatic heterocycles. The lowest BCUT2D eigenvalue weighted by molar-refractivity contribution is -0.160. The summed E-state index contributed by atoms with van der Waals surface area (Å²) in [6.07, 6.45) is -0.258. The second-order valence-corrected chi connectivity index (χ2v) is 8.02. The van der Waals surface area contributed by atoms with Gasteiger partial charge in [-0.25, -0.2) is 4.79 Å². The molecule has 1 fully saturated rings. The van der Waals surface area contributed by atoms with Crippen molar-refractivity contribution in [2.45, 2.75) is 51.0 Å². The van der Waals surface area contributed by atoms with E-state index in [1.807, 2.05) is 24.3 Å². The van der Waals surface area contributed by atoms with Crippen LogP contribution in [-0.2, 0) is 4.74 Å². The van der Waals surface area contributed by atoms with Gasteiger partial charge in [-0.2, -0.15) is 0 Å². The smallest absolute Gasteiger partial charge is 0.330 e. The summed E-state index contributed by atoms with van der Waals surface area (Å²) in [7, 11) is 0. The third-order valence-corrected chi connectivity index (χ3v) is 5.58. The quantitative estimate of drug-likeness (QED) is 0.568. The van der Waals surface area contributed by atoms with Crippen LogP contribution in [0.2, 0.25) is 0 Å². The van der Waals surface area contributed by atoms with E-state index in [0.29, 0.717) is 24.5 Å². The molecule has 0 aliphatic carbocycles. The summed E-state index contributed by atoms with van der Waals surface area (Å²) in [5.74, 6) is 0.627. The van der Waals surface area contributed by atoms with Gasteiger partial charge < -0.3 is 19.5 Å². The van der Waals surface area contributed by atoms with Gasteiger partial charge in [-0.15, -0.1) is 0 Å². The number of aromatic nitrogens is 3. The SMILES string of the molecule is CC(C)c1ccc(-c2cc(-c3cn([C@H]4CC[C@H](O)[C@@H](CO)O4)c(=O)[nH]c3=O)on2)cc1. The van der Waals surface area contributed by atoms with Gasteiger partial charge in [-0.05, 0) is 24.3 Å². The Kier molecular flexibility index (Phi) is 5.90. The topological polar surface area (TPSA) is 131 Å². The molecule has 9 heteroatoms. The van der Waals surface area contributed by atoms with Crippen molar-refractivity contribution in [3.63, 3.8) is 0 Å². The van der Waals surface area contributed by atoms with Crippen LogP contribution in [0.4, 0.5) is 0 Å². The molecule has 0 bridgehead atoms. The number of nitrogens with zero attached hydrogens (tertiary/aromatic N) is 2. The molecule has 9 nitrogen and oxygen atoms in total. The maximum Gasteiger partial charge on any atom is 0.330 e. The maximum absolute atomic E-state index is 12.4. The molecule has 3 atom stereocenters. The minimum absolute atomic E-state index is 0.132. The lowest BCUT2D eigenvalue weighted by atomic mass is 10.0. The summed E-state index contributed by atoms with van der Waals surface area (Å²) in [5, 5.41) is 23.3. The highest BCUT2D eigenvalue weighted by molar-refractivity contribution is 5.66. The Hall–Kier alpha value is -3.01. The van der Waals surface area contributed by atoms with Gasteiger partial charge in [-0.1, -0.05) is 43.3 Å². The van der Waals surface area contributed by atoms with Crippen molar-refractivity contribution in [3.8, 4) is 22.6 Å². The zero-order valence-electron chi connectivity index (χ0n) is 17.3. The number of aliphatic hydroxyl groups is 2. The molecule has 0 saturated carbocycles. The standard InChI is InChI=1S/C22H25N3O6/c1-12(2)13-3-5-14(6-4-13)16-9-18(31-24-16)15-10-25(22(29)23-21(15)28)20-8-7-17(27)19(11-26)30-20/h3-6,9-10,12,17,19-20,26-27H,7-8,11H2,1-2H3,(H,23,28,29)/t17-,19+,20+/m0/s1. The van der Waals surface area contributed by atoms with Crippen molar-refractivity contribution >= 4 is 0 Å². The normalized spacial score (nSPS) is 21.5. The molecular weight excluding hydrogens is 402 g/mol. The molecule has 0 spiro atoms. The highest BCUT2D eigenvalue weighted by Crippen LogP contribution is 2.28. The second-order valence-electron chi connectivity index (χ2n) is 8.02. The van der Waals surface area contributed by atoms with Gasteiger partial charge in [0.15, 0.2) is 5.76 Å². The van der Waals surface area contributed by atoms with Crippen LogP contribution in [0.25, 0.3) is 22.6 Å². The van der Waals surface area contributed by atoms with Crippen LogP contribution in [0.1, 0.15) is 44.4 Å². The molecule has 31 heavy (non-hydrogen) atoms. The fourth-order valence-electron chi connectivity index (χ4n) is 3.68. The molecule has 4 rings (SSSR count). The maximum atomic E-state index is 12.4. The van der Waals surface area contributed by atoms with E-state index in [1.54, 1.807) is 6.07 Å². The van der Waals surface area contributed by atoms with Gasteiger partial charge >= 0.3 is 5.69 Å². The van der Waals surface area contributed by atoms with Crippen molar-refractivity contribution in [1.29, 1.82) is 0 Å². The number of hydrogen-bond acceptors (Lipinski definition) is 7. The first kappa shape index (κ1) is 21.2. The largest absolute Gasteiger partial charge is 0.394 e. The first-order chi connectivity index (χ1) is 14.9. The van der Waals surface area contributed by atoms with Gasteiger partial charge in [0.05, 0.1) is 12.7 Å². The molecule has 164 valence electrons. The zero-order valence-corrected chi connectivity index (χ0v) is 17.3. The molecule has 3 aromatic rings. The van der Waals surface area contributed by atoms with E-state index in [9.17, 15) is 19.8 Å². The highest BCUT2D eigenvalue weighted by Gasteiger charge is 2.31. The van der Waals surface area contributed by atoms with Gasteiger partial charge in [0.2, 0.25) is 0 Å². The number of rotatable bonds is 5. The molecule has 1 aliphatic rings. The fraction of sp³-hybridized carbons (Fsp3) is 0.409. The van der Waals surface area contributed by atoms with Crippen LogP contribution >= 0.6 is 0 Å². The molecule has 1 aliphatic heterocycles. The lowest BCUT2D eigenvalue weighted by Crippen LogP contribution is -2.43. The molecule has 3 heterocycles. The van der Waals surface area contributed by atoms with Gasteiger partial charge in [0.25, 0.3) is 5.56 Å². The van der Waals surface area contributed by atoms with Gasteiger partial charge in [0, 0.05) is 17.8 Å². The Morgan fingerprint density at radius 2 is 1.97 bits per heavy atom. The Bertz CT molecular complexity index is 1160. The van der Waals surface area contributed by atoms with Crippen molar-refractivity contribution in [2.24, 2.45) is 0 Å². The number of aromatic amines is 1. The number of hydrogen-bond donors (Lipinski definition) is 3. The molecule has 0 radical (unpaired) electrons. The van der Waals surface area contributed by atoms with Crippen molar-refractivity contribution in [3.05, 3.63) is 62.9 Å². The summed E-state index contributed by atoms with van der Waals surface area (Å²) in [5.41, 5.74) is 1.51. The number of benzene rings is 1. The molecule has 3 N–H and O–H groups in total. The van der Waals surface area contributed by atoms with Crippen molar-refractivity contribution in [1.82, 2.24) is 14.7 Å². The van der Waals surface area contributed by atoms with E-state index >= 15 is 0 Å². The molecular formula is C22H25N3O6. The Labute approximate surface area is 177 Å². The zero-order chi connectivity index (χ0) is 22.1. The average Bonchev–Trinajstić information content (AvgIpc) is 3.24. The fourth-order valence-corrected chi connectivity index (χ4v) is 3.68. The second kappa shape index (κ2) is 8.62. The van der Waals surface area contributed by atoms with Crippen LogP contribution in [0.5, 0.6) is 0 Å². The predicted octanol–water partition coefficient (Wildman–Crippen LogP) is 2.01. The molecule has 0 unspecified atom stereocenters. The molecule has 1 saturated heterocycles. The third-order valence-electron chi connectivity index (χ3n) is 5.58. The lowest BCUT2D eigenvalue weighted by Gasteiger charge is -2.33. The molecule has 0 amide bonds. The summed E-state index contributed by atoms with van der Waals surface area (Å²) < 4.78 is 12.3. The van der Waals surface area contributed by atoms with Gasteiger partial charge in [-0.3, -0.25) is 14.3 Å². The first-order valence-corrected chi connectivity index (χ1v) is 10.2. The van der Waals surface area contributed by atoms with E-state index < -0.39 is 29.7 Å². The average molecular weight is 427 g/mol. The van der Waals surface area contributed by atoms with E-state index in [1.165, 1.54) is 16.3 Å². The summed E-state index contributed by atoms with van der Waals surface area (Å²) in [6.45, 7) is 3.86. The van der Waals surface area contributed by atoms with Crippen LogP contribution < -0.4 is 11.2 Å². The number of H-pyrrole nitrogens is 1. The first-order valence-electron chi connectivity index (χ1n) is 10.2. The van der Waals surface area contributed by atoms with Crippen molar-refractivity contribution < 1.29 is 19.5 Å². The van der Waals surface area contributed by atoms with Crippen LogP contribution in [-0.4, -0.2) is 43.7 Å². The monoisotopic (exact) mass is 427 g/mol. The Morgan fingerprint density at radius 1 is 1.23 bits per heavy atom. The van der Waals surface area contributed by atoms with Crippen LogP contribution in [0.3, 0.4) is 0 Å². The summed E-state index contributed by atoms with van der Waals surface area (Å²) in [6, 6.07) is 9.57. The Balaban J connectivity index is 1.65. The minimum Gasteiger partial charge on any atom is -0.394 e. The van der Waals surface area contributed by atoms with Crippen molar-refractivity contribution in [2.75, 3.05) is 6.61 Å². The summed E-state index contributed by atoms with van der Waals surface area (Å²) in [4.78, 5) is 27.1. The minimum atomic E-state index is -0.807. The van der Waals surface area contributed by atoms with E-state index in [4.69, 9.17) is 9.26 Å². The number of nitrogens with one attached hydrogen (secondary N) is 1. The van der Waals surface area contributed by atoms with Crippen LogP contribution in [0.15, 0.2) is 50.6 Å². The Morgan fingerprint density at radius 3 is 2.65 bits per heavy atom. The predicted molar refractivity (Wildman–Crippen MR) is 113 cm³/mol. The number of ether oxygens (including phenoxy) is 1. The number of aliphatic hydroxyl groups excluding tert-OH is 2.